The van der Waals surface area contributed by atoms with Crippen LogP contribution in [0.4, 0.5) is 0 Å². The van der Waals surface area contributed by atoms with Crippen LogP contribution >= 0.6 is 11.8 Å². The molecule has 1 heterocycles. The largest absolute Gasteiger partial charge is 0.339 e. The van der Waals surface area contributed by atoms with Crippen LogP contribution in [0.15, 0.2) is 47.4 Å². The van der Waals surface area contributed by atoms with Gasteiger partial charge in [-0.15, -0.1) is 11.8 Å². The molecule has 0 saturated carbocycles. The number of hydrogen-bond acceptors (Lipinski definition) is 2. The van der Waals surface area contributed by atoms with Crippen LogP contribution in [0.5, 0.6) is 0 Å². The molecule has 0 aliphatic carbocycles. The second-order valence-electron chi connectivity index (χ2n) is 5.73. The number of rotatable bonds is 3. The molecule has 0 bridgehead atoms. The number of benzene rings is 2. The quantitative estimate of drug-likeness (QED) is 0.786. The van der Waals surface area contributed by atoms with Crippen molar-refractivity contribution in [3.63, 3.8) is 0 Å². The van der Waals surface area contributed by atoms with Gasteiger partial charge < -0.3 is 4.90 Å². The van der Waals surface area contributed by atoms with Gasteiger partial charge in [-0.25, -0.2) is 0 Å². The van der Waals surface area contributed by atoms with Gasteiger partial charge in [0.05, 0.1) is 5.75 Å². The van der Waals surface area contributed by atoms with E-state index in [0.29, 0.717) is 11.8 Å². The summed E-state index contributed by atoms with van der Waals surface area (Å²) in [6.45, 7) is 3.09. The first-order valence-corrected chi connectivity index (χ1v) is 8.64. The van der Waals surface area contributed by atoms with Crippen molar-refractivity contribution in [1.82, 2.24) is 4.90 Å². The predicted molar refractivity (Wildman–Crippen MR) is 89.7 cm³/mol. The van der Waals surface area contributed by atoms with Crippen LogP contribution in [-0.4, -0.2) is 29.1 Å². The Hall–Kier alpha value is -1.48. The van der Waals surface area contributed by atoms with Crippen LogP contribution in [0.25, 0.3) is 10.8 Å². The molecule has 2 aromatic rings. The second kappa shape index (κ2) is 6.52. The Morgan fingerprint density at radius 3 is 2.81 bits per heavy atom. The molecule has 0 spiro atoms. The van der Waals surface area contributed by atoms with Gasteiger partial charge in [0.15, 0.2) is 0 Å². The molecular formula is C18H21NOS. The van der Waals surface area contributed by atoms with Crippen molar-refractivity contribution in [2.24, 2.45) is 0 Å². The van der Waals surface area contributed by atoms with Crippen LogP contribution in [0, 0.1) is 0 Å². The third-order valence-corrected chi connectivity index (χ3v) is 5.19. The van der Waals surface area contributed by atoms with Gasteiger partial charge >= 0.3 is 0 Å². The van der Waals surface area contributed by atoms with Gasteiger partial charge in [-0.2, -0.15) is 0 Å². The summed E-state index contributed by atoms with van der Waals surface area (Å²) in [5, 5.41) is 2.49. The molecule has 1 aliphatic rings. The monoisotopic (exact) mass is 299 g/mol. The molecule has 0 radical (unpaired) electrons. The molecule has 0 N–H and O–H groups in total. The van der Waals surface area contributed by atoms with Gasteiger partial charge in [0, 0.05) is 17.5 Å². The molecule has 2 aromatic carbocycles. The number of thioether (sulfide) groups is 1. The number of carbonyl (C=O) groups is 1. The van der Waals surface area contributed by atoms with E-state index in [1.165, 1.54) is 22.1 Å². The van der Waals surface area contributed by atoms with E-state index in [-0.39, 0.29) is 5.91 Å². The lowest BCUT2D eigenvalue weighted by atomic mass is 10.0. The van der Waals surface area contributed by atoms with Gasteiger partial charge in [0.25, 0.3) is 0 Å². The van der Waals surface area contributed by atoms with Crippen molar-refractivity contribution < 1.29 is 4.79 Å². The maximum atomic E-state index is 12.4. The average molecular weight is 299 g/mol. The molecular weight excluding hydrogens is 278 g/mol. The summed E-state index contributed by atoms with van der Waals surface area (Å²) in [7, 11) is 0. The Bertz CT molecular complexity index is 640. The molecule has 0 aromatic heterocycles. The molecule has 3 heteroatoms. The lowest BCUT2D eigenvalue weighted by Crippen LogP contribution is -2.42. The number of likely N-dealkylation sites (tertiary alicyclic amines) is 1. The van der Waals surface area contributed by atoms with Crippen LogP contribution in [0.2, 0.25) is 0 Å². The first-order valence-electron chi connectivity index (χ1n) is 7.65. The number of carbonyl (C=O) groups excluding carboxylic acids is 1. The molecule has 2 nitrogen and oxygen atoms in total. The number of hydrogen-bond donors (Lipinski definition) is 0. The summed E-state index contributed by atoms with van der Waals surface area (Å²) in [6, 6.07) is 15.2. The van der Waals surface area contributed by atoms with Gasteiger partial charge in [-0.05, 0) is 49.1 Å². The normalized spacial score (nSPS) is 18.9. The van der Waals surface area contributed by atoms with Gasteiger partial charge in [0.2, 0.25) is 5.91 Å². The lowest BCUT2D eigenvalue weighted by molar-refractivity contribution is -0.131. The zero-order valence-electron chi connectivity index (χ0n) is 12.4. The zero-order valence-corrected chi connectivity index (χ0v) is 13.2. The Kier molecular flexibility index (Phi) is 4.49. The van der Waals surface area contributed by atoms with E-state index >= 15 is 0 Å². The second-order valence-corrected chi connectivity index (χ2v) is 6.78. The van der Waals surface area contributed by atoms with Crippen molar-refractivity contribution in [3.8, 4) is 0 Å². The highest BCUT2D eigenvalue weighted by molar-refractivity contribution is 8.00. The minimum absolute atomic E-state index is 0.278. The molecule has 1 aliphatic heterocycles. The Morgan fingerprint density at radius 1 is 1.19 bits per heavy atom. The van der Waals surface area contributed by atoms with Crippen molar-refractivity contribution in [3.05, 3.63) is 42.5 Å². The summed E-state index contributed by atoms with van der Waals surface area (Å²) in [5.74, 6) is 0.822. The average Bonchev–Trinajstić information content (AvgIpc) is 2.53. The van der Waals surface area contributed by atoms with E-state index in [4.69, 9.17) is 0 Å². The highest BCUT2D eigenvalue weighted by Crippen LogP contribution is 2.25. The summed E-state index contributed by atoms with van der Waals surface area (Å²) < 4.78 is 0. The first kappa shape index (κ1) is 14.5. The van der Waals surface area contributed by atoms with Crippen LogP contribution < -0.4 is 0 Å². The molecule has 110 valence electrons. The maximum Gasteiger partial charge on any atom is 0.233 e. The van der Waals surface area contributed by atoms with E-state index in [9.17, 15) is 4.79 Å². The maximum absolute atomic E-state index is 12.4. The van der Waals surface area contributed by atoms with Crippen molar-refractivity contribution in [1.29, 1.82) is 0 Å². The lowest BCUT2D eigenvalue weighted by Gasteiger charge is -2.33. The van der Waals surface area contributed by atoms with E-state index < -0.39 is 0 Å². The number of nitrogens with zero attached hydrogens (tertiary/aromatic N) is 1. The van der Waals surface area contributed by atoms with Crippen LogP contribution in [0.1, 0.15) is 26.2 Å². The third kappa shape index (κ3) is 3.41. The van der Waals surface area contributed by atoms with Gasteiger partial charge in [-0.1, -0.05) is 30.3 Å². The molecule has 1 saturated heterocycles. The van der Waals surface area contributed by atoms with Crippen molar-refractivity contribution in [2.75, 3.05) is 12.3 Å². The Labute approximate surface area is 130 Å². The third-order valence-electron chi connectivity index (χ3n) is 4.21. The number of piperidine rings is 1. The highest BCUT2D eigenvalue weighted by atomic mass is 32.2. The summed E-state index contributed by atoms with van der Waals surface area (Å²) in [6.07, 6.45) is 3.55. The van der Waals surface area contributed by atoms with E-state index in [1.54, 1.807) is 11.8 Å². The molecule has 0 unspecified atom stereocenters. The van der Waals surface area contributed by atoms with Crippen LogP contribution in [0.3, 0.4) is 0 Å². The zero-order chi connectivity index (χ0) is 14.7. The van der Waals surface area contributed by atoms with Crippen molar-refractivity contribution >= 4 is 28.4 Å². The fourth-order valence-electron chi connectivity index (χ4n) is 2.95. The predicted octanol–water partition coefficient (Wildman–Crippen LogP) is 4.33. The molecule has 21 heavy (non-hydrogen) atoms. The number of amides is 1. The van der Waals surface area contributed by atoms with E-state index in [2.05, 4.69) is 54.3 Å². The Balaban J connectivity index is 1.64. The summed E-state index contributed by atoms with van der Waals surface area (Å²) in [5.41, 5.74) is 0. The highest BCUT2D eigenvalue weighted by Gasteiger charge is 2.22. The summed E-state index contributed by atoms with van der Waals surface area (Å²) in [4.78, 5) is 15.6. The molecule has 1 fully saturated rings. The fourth-order valence-corrected chi connectivity index (χ4v) is 3.78. The topological polar surface area (TPSA) is 20.3 Å². The summed E-state index contributed by atoms with van der Waals surface area (Å²) >= 11 is 1.65. The van der Waals surface area contributed by atoms with E-state index in [0.717, 1.165) is 19.4 Å². The van der Waals surface area contributed by atoms with Gasteiger partial charge in [-0.3, -0.25) is 4.79 Å². The fraction of sp³-hybridized carbons (Fsp3) is 0.389. The number of fused-ring (bicyclic) bond motifs is 1. The van der Waals surface area contributed by atoms with Gasteiger partial charge in [0.1, 0.15) is 0 Å². The van der Waals surface area contributed by atoms with Crippen LogP contribution in [-0.2, 0) is 4.79 Å². The van der Waals surface area contributed by atoms with E-state index in [1.807, 2.05) is 0 Å². The Morgan fingerprint density at radius 2 is 2.00 bits per heavy atom. The minimum Gasteiger partial charge on any atom is -0.339 e. The smallest absolute Gasteiger partial charge is 0.233 e. The molecule has 1 amide bonds. The standard InChI is InChI=1S/C18H21NOS/c1-14-6-4-5-11-19(14)18(20)13-21-17-10-9-15-7-2-3-8-16(15)12-17/h2-3,7-10,12,14H,4-6,11,13H2,1H3/t14-/m1/s1. The minimum atomic E-state index is 0.278. The first-order chi connectivity index (χ1) is 10.2. The van der Waals surface area contributed by atoms with Crippen molar-refractivity contribution in [2.45, 2.75) is 37.1 Å². The molecule has 3 rings (SSSR count). The SMILES string of the molecule is C[C@@H]1CCCCN1C(=O)CSc1ccc2ccccc2c1. The molecule has 1 atom stereocenters.